The fourth-order valence-electron chi connectivity index (χ4n) is 3.96. The Morgan fingerprint density at radius 3 is 2.28 bits per heavy atom. The van der Waals surface area contributed by atoms with E-state index in [9.17, 15) is 33.9 Å². The molecule has 0 saturated carbocycles. The summed E-state index contributed by atoms with van der Waals surface area (Å²) in [4.78, 5) is 78.6. The quantitative estimate of drug-likeness (QED) is 0.241. The van der Waals surface area contributed by atoms with Gasteiger partial charge in [0, 0.05) is 6.54 Å². The number of aliphatic hydroxyl groups excluding tert-OH is 1. The molecule has 0 aromatic carbocycles. The zero-order valence-corrected chi connectivity index (χ0v) is 23.9. The average molecular weight is 554 g/mol. The van der Waals surface area contributed by atoms with Crippen molar-refractivity contribution in [1.82, 2.24) is 25.8 Å². The Hall–Kier alpha value is -3.48. The molecule has 1 saturated heterocycles. The maximum atomic E-state index is 13.6. The summed E-state index contributed by atoms with van der Waals surface area (Å²) >= 11 is 0. The third-order valence-electron chi connectivity index (χ3n) is 5.74. The minimum Gasteiger partial charge on any atom is -0.444 e. The van der Waals surface area contributed by atoms with Crippen LogP contribution in [0, 0.1) is 5.92 Å². The van der Waals surface area contributed by atoms with Crippen LogP contribution in [0.4, 0.5) is 9.59 Å². The Morgan fingerprint density at radius 1 is 1.18 bits per heavy atom. The first kappa shape index (κ1) is 33.5. The van der Waals surface area contributed by atoms with E-state index in [0.29, 0.717) is 11.3 Å². The largest absolute Gasteiger partial charge is 0.444 e. The zero-order valence-electron chi connectivity index (χ0n) is 23.9. The third-order valence-corrected chi connectivity index (χ3v) is 5.74. The Labute approximate surface area is 229 Å². The number of carbonyl (C=O) groups is 6. The van der Waals surface area contributed by atoms with Crippen LogP contribution < -0.4 is 16.0 Å². The zero-order chi connectivity index (χ0) is 30.1. The lowest BCUT2D eigenvalue weighted by Gasteiger charge is -2.30. The van der Waals surface area contributed by atoms with E-state index in [-0.39, 0.29) is 31.8 Å². The second-order valence-electron chi connectivity index (χ2n) is 10.8. The number of Topliss-reactive ketones (excluding diaryl/α,β-unsaturated/α-hetero) is 1. The maximum Gasteiger partial charge on any atom is 0.408 e. The van der Waals surface area contributed by atoms with Gasteiger partial charge in [-0.15, -0.1) is 6.58 Å². The molecule has 1 aliphatic rings. The number of alkyl carbamates (subject to hydrolysis) is 1. The van der Waals surface area contributed by atoms with Gasteiger partial charge in [0.05, 0.1) is 19.1 Å². The van der Waals surface area contributed by atoms with Gasteiger partial charge in [-0.2, -0.15) is 0 Å². The lowest BCUT2D eigenvalue weighted by molar-refractivity contribution is -0.139. The Morgan fingerprint density at radius 2 is 1.79 bits per heavy atom. The summed E-state index contributed by atoms with van der Waals surface area (Å²) in [5, 5.41) is 18.1. The molecule has 1 heterocycles. The topological polar surface area (TPSA) is 174 Å². The number of urea groups is 1. The van der Waals surface area contributed by atoms with E-state index in [1.165, 1.54) is 13.0 Å². The molecule has 0 aromatic rings. The van der Waals surface area contributed by atoms with E-state index in [2.05, 4.69) is 22.5 Å². The molecule has 0 spiro atoms. The van der Waals surface area contributed by atoms with Crippen molar-refractivity contribution in [2.75, 3.05) is 19.6 Å². The number of amides is 6. The number of nitrogens with one attached hydrogen (secondary N) is 3. The molecule has 1 fully saturated rings. The summed E-state index contributed by atoms with van der Waals surface area (Å²) in [6.07, 6.45) is -0.296. The van der Waals surface area contributed by atoms with E-state index in [1.807, 2.05) is 0 Å². The first-order valence-corrected chi connectivity index (χ1v) is 13.0. The van der Waals surface area contributed by atoms with Gasteiger partial charge in [-0.25, -0.2) is 14.5 Å². The van der Waals surface area contributed by atoms with Crippen LogP contribution in [0.1, 0.15) is 61.3 Å². The van der Waals surface area contributed by atoms with E-state index in [0.717, 1.165) is 4.90 Å². The van der Waals surface area contributed by atoms with Crippen molar-refractivity contribution < 1.29 is 38.6 Å². The minimum atomic E-state index is -1.60. The highest BCUT2D eigenvalue weighted by atomic mass is 16.6. The first-order valence-electron chi connectivity index (χ1n) is 13.0. The van der Waals surface area contributed by atoms with Crippen LogP contribution in [-0.4, -0.2) is 100 Å². The summed E-state index contributed by atoms with van der Waals surface area (Å²) in [6, 6.07) is -4.49. The van der Waals surface area contributed by atoms with Gasteiger partial charge in [0.25, 0.3) is 11.8 Å². The number of rotatable bonds is 13. The van der Waals surface area contributed by atoms with Gasteiger partial charge in [-0.3, -0.25) is 19.2 Å². The Balaban J connectivity index is 3.30. The minimum absolute atomic E-state index is 0.114. The second-order valence-corrected chi connectivity index (χ2v) is 10.8. The van der Waals surface area contributed by atoms with Crippen LogP contribution in [0.5, 0.6) is 0 Å². The van der Waals surface area contributed by atoms with Gasteiger partial charge >= 0.3 is 12.1 Å². The fourth-order valence-corrected chi connectivity index (χ4v) is 3.96. The summed E-state index contributed by atoms with van der Waals surface area (Å²) in [7, 11) is 0. The molecule has 0 radical (unpaired) electrons. The number of hydrogen-bond donors (Lipinski definition) is 4. The van der Waals surface area contributed by atoms with E-state index < -0.39 is 65.6 Å². The van der Waals surface area contributed by atoms with Crippen molar-refractivity contribution in [3.63, 3.8) is 0 Å². The summed E-state index contributed by atoms with van der Waals surface area (Å²) in [5.74, 6) is -3.22. The van der Waals surface area contributed by atoms with Gasteiger partial charge in [-0.05, 0) is 40.0 Å². The Bertz CT molecular complexity index is 945. The number of ether oxygens (including phenoxy) is 1. The smallest absolute Gasteiger partial charge is 0.408 e. The molecule has 4 N–H and O–H groups in total. The van der Waals surface area contributed by atoms with Gasteiger partial charge < -0.3 is 30.7 Å². The molecule has 220 valence electrons. The third kappa shape index (κ3) is 9.97. The van der Waals surface area contributed by atoms with Gasteiger partial charge in [0.2, 0.25) is 5.91 Å². The van der Waals surface area contributed by atoms with Crippen LogP contribution in [-0.2, 0) is 23.9 Å². The highest BCUT2D eigenvalue weighted by molar-refractivity contribution is 6.05. The molecule has 39 heavy (non-hydrogen) atoms. The number of aliphatic hydroxyl groups is 1. The molecule has 0 aliphatic carbocycles. The number of nitrogens with zero attached hydrogens (tertiary/aromatic N) is 2. The molecular formula is C26H43N5O8. The molecule has 6 amide bonds. The van der Waals surface area contributed by atoms with Crippen LogP contribution in [0.2, 0.25) is 0 Å². The van der Waals surface area contributed by atoms with E-state index in [1.54, 1.807) is 41.5 Å². The lowest BCUT2D eigenvalue weighted by atomic mass is 10.0. The van der Waals surface area contributed by atoms with Crippen molar-refractivity contribution in [2.24, 2.45) is 5.92 Å². The monoisotopic (exact) mass is 553 g/mol. The SMILES string of the molecule is C=CCNC(=O)C(O)C(CCC)NC(=O)C1CN(CC(C)=O)C(=O)N1C(=O)C(NC(=O)OC(C)(C)C)C(C)C. The van der Waals surface area contributed by atoms with E-state index >= 15 is 0 Å². The summed E-state index contributed by atoms with van der Waals surface area (Å²) < 4.78 is 5.25. The molecule has 0 aromatic heterocycles. The van der Waals surface area contributed by atoms with Crippen molar-refractivity contribution >= 4 is 35.6 Å². The van der Waals surface area contributed by atoms with Crippen molar-refractivity contribution in [3.8, 4) is 0 Å². The predicted molar refractivity (Wildman–Crippen MR) is 142 cm³/mol. The summed E-state index contributed by atoms with van der Waals surface area (Å²) in [5.41, 5.74) is -0.841. The fraction of sp³-hybridized carbons (Fsp3) is 0.692. The van der Waals surface area contributed by atoms with Gasteiger partial charge in [-0.1, -0.05) is 33.3 Å². The number of hydrogen-bond acceptors (Lipinski definition) is 8. The number of imide groups is 1. The summed E-state index contributed by atoms with van der Waals surface area (Å²) in [6.45, 7) is 14.3. The molecule has 1 rings (SSSR count). The highest BCUT2D eigenvalue weighted by Crippen LogP contribution is 2.21. The Kier molecular flexibility index (Phi) is 12.6. The van der Waals surface area contributed by atoms with Gasteiger partial charge in [0.15, 0.2) is 6.10 Å². The van der Waals surface area contributed by atoms with E-state index in [4.69, 9.17) is 4.74 Å². The van der Waals surface area contributed by atoms with Crippen LogP contribution in [0.3, 0.4) is 0 Å². The normalized spacial score (nSPS) is 17.8. The predicted octanol–water partition coefficient (Wildman–Crippen LogP) is 0.706. The molecule has 13 heteroatoms. The van der Waals surface area contributed by atoms with Gasteiger partial charge in [0.1, 0.15) is 23.5 Å². The van der Waals surface area contributed by atoms with Crippen molar-refractivity contribution in [2.45, 2.75) is 91.1 Å². The maximum absolute atomic E-state index is 13.6. The molecule has 0 bridgehead atoms. The lowest BCUT2D eigenvalue weighted by Crippen LogP contribution is -2.59. The number of carbonyl (C=O) groups excluding carboxylic acids is 6. The van der Waals surface area contributed by atoms with Crippen molar-refractivity contribution in [3.05, 3.63) is 12.7 Å². The molecule has 1 aliphatic heterocycles. The average Bonchev–Trinajstić information content (AvgIpc) is 3.13. The molecule has 4 atom stereocenters. The van der Waals surface area contributed by atoms with Crippen LogP contribution in [0.25, 0.3) is 0 Å². The highest BCUT2D eigenvalue weighted by Gasteiger charge is 2.48. The van der Waals surface area contributed by atoms with Crippen LogP contribution >= 0.6 is 0 Å². The van der Waals surface area contributed by atoms with Crippen LogP contribution in [0.15, 0.2) is 12.7 Å². The van der Waals surface area contributed by atoms with Crippen molar-refractivity contribution in [1.29, 1.82) is 0 Å². The number of ketones is 1. The first-order chi connectivity index (χ1) is 18.0. The molecular weight excluding hydrogens is 510 g/mol. The standard InChI is InChI=1S/C26H43N5O8/c1-9-11-17(20(33)22(35)27-12-10-2)28-21(34)18-14-30(13-16(5)32)25(38)31(18)23(36)19(15(3)4)29-24(37)39-26(6,7)8/h10,15,17-20,33H,2,9,11-14H2,1,3-8H3,(H,27,35)(H,28,34)(H,29,37). The second kappa shape index (κ2) is 14.6. The molecule has 13 nitrogen and oxygen atoms in total. The molecule has 4 unspecified atom stereocenters.